The van der Waals surface area contributed by atoms with E-state index in [1.165, 1.54) is 0 Å². The maximum atomic E-state index is 12.7. The second-order valence-corrected chi connectivity index (χ2v) is 10.0. The highest BCUT2D eigenvalue weighted by Crippen LogP contribution is 2.63. The van der Waals surface area contributed by atoms with Gasteiger partial charge in [0.05, 0.1) is 5.92 Å². The van der Waals surface area contributed by atoms with Crippen LogP contribution in [0.15, 0.2) is 54.6 Å². The maximum Gasteiger partial charge on any atom is 0.310 e. The zero-order valence-electron chi connectivity index (χ0n) is 17.2. The first-order valence-corrected chi connectivity index (χ1v) is 10.8. The maximum absolute atomic E-state index is 12.7. The number of halogens is 2. The van der Waals surface area contributed by atoms with Crippen molar-refractivity contribution < 1.29 is 14.3 Å². The Balaban J connectivity index is 1.56. The minimum absolute atomic E-state index is 0.141. The minimum Gasteiger partial charge on any atom is -0.461 e. The van der Waals surface area contributed by atoms with Crippen LogP contribution in [-0.4, -0.2) is 10.3 Å². The molecule has 1 aliphatic carbocycles. The molecule has 1 fully saturated rings. The number of hydrogen-bond donors (Lipinski definition) is 0. The summed E-state index contributed by atoms with van der Waals surface area (Å²) in [6.07, 6.45) is 2.24. The van der Waals surface area contributed by atoms with Crippen LogP contribution in [-0.2, 0) is 16.1 Å². The summed E-state index contributed by atoms with van der Waals surface area (Å²) >= 11 is 12.8. The summed E-state index contributed by atoms with van der Waals surface area (Å²) in [5.74, 6) is 1.27. The van der Waals surface area contributed by atoms with Crippen LogP contribution in [0.2, 0.25) is 0 Å². The highest BCUT2D eigenvalue weighted by molar-refractivity contribution is 6.48. The highest BCUT2D eigenvalue weighted by atomic mass is 35.5. The predicted molar refractivity (Wildman–Crippen MR) is 117 cm³/mol. The lowest BCUT2D eigenvalue weighted by molar-refractivity contribution is -0.147. The predicted octanol–water partition coefficient (Wildman–Crippen LogP) is 7.16. The van der Waals surface area contributed by atoms with Gasteiger partial charge in [0.25, 0.3) is 0 Å². The molecule has 2 aromatic carbocycles. The van der Waals surface area contributed by atoms with E-state index in [0.29, 0.717) is 12.2 Å². The summed E-state index contributed by atoms with van der Waals surface area (Å²) in [6.45, 7) is 6.42. The number of carbonyl (C=O) groups excluding carboxylic acids is 1. The van der Waals surface area contributed by atoms with Crippen LogP contribution in [0.1, 0.15) is 45.6 Å². The van der Waals surface area contributed by atoms with Crippen molar-refractivity contribution in [3.63, 3.8) is 0 Å². The van der Waals surface area contributed by atoms with Crippen LogP contribution in [0.5, 0.6) is 11.5 Å². The number of alkyl halides is 2. The average molecular weight is 435 g/mol. The summed E-state index contributed by atoms with van der Waals surface area (Å²) in [4.78, 5) is 12.7. The molecule has 0 bridgehead atoms. The van der Waals surface area contributed by atoms with E-state index in [0.717, 1.165) is 24.2 Å². The fourth-order valence-electron chi connectivity index (χ4n) is 3.95. The Bertz CT molecular complexity index is 833. The van der Waals surface area contributed by atoms with Crippen LogP contribution >= 0.6 is 23.2 Å². The van der Waals surface area contributed by atoms with Crippen molar-refractivity contribution in [3.8, 4) is 11.5 Å². The van der Waals surface area contributed by atoms with Gasteiger partial charge in [-0.3, -0.25) is 4.79 Å². The van der Waals surface area contributed by atoms with Crippen molar-refractivity contribution in [2.45, 2.75) is 51.0 Å². The van der Waals surface area contributed by atoms with E-state index in [2.05, 4.69) is 20.8 Å². The number of benzene rings is 2. The molecule has 1 saturated carbocycles. The van der Waals surface area contributed by atoms with Crippen molar-refractivity contribution in [3.05, 3.63) is 60.2 Å². The number of ether oxygens (including phenoxy) is 2. The van der Waals surface area contributed by atoms with Crippen molar-refractivity contribution in [1.82, 2.24) is 0 Å². The van der Waals surface area contributed by atoms with Gasteiger partial charge in [0.1, 0.15) is 22.4 Å². The largest absolute Gasteiger partial charge is 0.461 e. The van der Waals surface area contributed by atoms with E-state index in [-0.39, 0.29) is 29.8 Å². The molecular formula is C24H28Cl2O3. The molecule has 2 atom stereocenters. The summed E-state index contributed by atoms with van der Waals surface area (Å²) in [5.41, 5.74) is 0.745. The van der Waals surface area contributed by atoms with E-state index < -0.39 is 4.33 Å². The number of esters is 1. The number of rotatable bonds is 9. The van der Waals surface area contributed by atoms with E-state index in [1.54, 1.807) is 0 Å². The Morgan fingerprint density at radius 2 is 1.76 bits per heavy atom. The van der Waals surface area contributed by atoms with Gasteiger partial charge in [-0.1, -0.05) is 57.5 Å². The van der Waals surface area contributed by atoms with E-state index in [9.17, 15) is 4.79 Å². The molecule has 0 amide bonds. The summed E-state index contributed by atoms with van der Waals surface area (Å²) in [6, 6.07) is 17.2. The number of para-hydroxylation sites is 1. The Kier molecular flexibility index (Phi) is 6.80. The smallest absolute Gasteiger partial charge is 0.310 e. The molecule has 0 heterocycles. The second-order valence-electron chi connectivity index (χ2n) is 8.39. The number of carbonyl (C=O) groups is 1. The quantitative estimate of drug-likeness (QED) is 0.310. The topological polar surface area (TPSA) is 35.5 Å². The third kappa shape index (κ3) is 5.67. The van der Waals surface area contributed by atoms with Crippen molar-refractivity contribution in [2.75, 3.05) is 0 Å². The molecule has 0 saturated heterocycles. The van der Waals surface area contributed by atoms with E-state index in [1.807, 2.05) is 54.6 Å². The van der Waals surface area contributed by atoms with Gasteiger partial charge >= 0.3 is 5.97 Å². The first-order valence-electron chi connectivity index (χ1n) is 10.1. The van der Waals surface area contributed by atoms with Crippen LogP contribution in [0, 0.1) is 17.3 Å². The average Bonchev–Trinajstić information content (AvgIpc) is 3.20. The van der Waals surface area contributed by atoms with E-state index in [4.69, 9.17) is 32.7 Å². The molecule has 3 nitrogen and oxygen atoms in total. The standard InChI is InChI=1S/C24H28Cl2O3/c1-4-13-24(25,26)15-20-21(23(20,2)3)22(27)28-16-17-9-8-12-19(14-17)29-18-10-6-5-7-11-18/h5-12,14,20-21H,4,13,15-16H2,1-3H3. The molecule has 0 spiro atoms. The first-order chi connectivity index (χ1) is 13.7. The third-order valence-corrected chi connectivity index (χ3v) is 6.38. The van der Waals surface area contributed by atoms with Gasteiger partial charge in [-0.15, -0.1) is 23.2 Å². The van der Waals surface area contributed by atoms with Gasteiger partial charge in [0, 0.05) is 0 Å². The molecule has 2 unspecified atom stereocenters. The Hall–Kier alpha value is -1.71. The van der Waals surface area contributed by atoms with Crippen molar-refractivity contribution >= 4 is 29.2 Å². The van der Waals surface area contributed by atoms with Crippen molar-refractivity contribution in [2.24, 2.45) is 17.3 Å². The molecule has 0 aromatic heterocycles. The SMILES string of the molecule is CCCC(Cl)(Cl)CC1C(C(=O)OCc2cccc(Oc3ccccc3)c2)C1(C)C. The Morgan fingerprint density at radius 1 is 1.07 bits per heavy atom. The lowest BCUT2D eigenvalue weighted by atomic mass is 10.0. The van der Waals surface area contributed by atoms with Crippen LogP contribution in [0.4, 0.5) is 0 Å². The monoisotopic (exact) mass is 434 g/mol. The van der Waals surface area contributed by atoms with Gasteiger partial charge in [-0.2, -0.15) is 0 Å². The molecule has 3 rings (SSSR count). The Labute approximate surface area is 183 Å². The van der Waals surface area contributed by atoms with Gasteiger partial charge in [-0.25, -0.2) is 0 Å². The fraction of sp³-hybridized carbons (Fsp3) is 0.458. The van der Waals surface area contributed by atoms with Crippen LogP contribution < -0.4 is 4.74 Å². The first kappa shape index (κ1) is 22.0. The molecule has 156 valence electrons. The molecule has 0 N–H and O–H groups in total. The van der Waals surface area contributed by atoms with Crippen LogP contribution in [0.3, 0.4) is 0 Å². The van der Waals surface area contributed by atoms with Crippen LogP contribution in [0.25, 0.3) is 0 Å². The van der Waals surface area contributed by atoms with Gasteiger partial charge in [-0.05, 0) is 54.0 Å². The molecule has 5 heteroatoms. The minimum atomic E-state index is -0.783. The highest BCUT2D eigenvalue weighted by Gasteiger charge is 2.63. The zero-order chi connectivity index (χ0) is 21.1. The second kappa shape index (κ2) is 8.97. The molecular weight excluding hydrogens is 407 g/mol. The third-order valence-electron chi connectivity index (χ3n) is 5.70. The van der Waals surface area contributed by atoms with E-state index >= 15 is 0 Å². The summed E-state index contributed by atoms with van der Waals surface area (Å²) in [5, 5.41) is 0. The normalized spacial score (nSPS) is 20.2. The van der Waals surface area contributed by atoms with Gasteiger partial charge in [0.2, 0.25) is 0 Å². The summed E-state index contributed by atoms with van der Waals surface area (Å²) in [7, 11) is 0. The fourth-order valence-corrected chi connectivity index (χ4v) is 4.66. The molecule has 0 radical (unpaired) electrons. The van der Waals surface area contributed by atoms with Gasteiger partial charge < -0.3 is 9.47 Å². The zero-order valence-corrected chi connectivity index (χ0v) is 18.7. The van der Waals surface area contributed by atoms with Crippen molar-refractivity contribution in [1.29, 1.82) is 0 Å². The summed E-state index contributed by atoms with van der Waals surface area (Å²) < 4.78 is 10.7. The molecule has 29 heavy (non-hydrogen) atoms. The molecule has 2 aromatic rings. The number of hydrogen-bond acceptors (Lipinski definition) is 3. The lowest BCUT2D eigenvalue weighted by Crippen LogP contribution is -2.15. The molecule has 0 aliphatic heterocycles. The van der Waals surface area contributed by atoms with Gasteiger partial charge in [0.15, 0.2) is 0 Å². The molecule has 1 aliphatic rings. The lowest BCUT2D eigenvalue weighted by Gasteiger charge is -2.19. The Morgan fingerprint density at radius 3 is 2.45 bits per heavy atom.